The van der Waals surface area contributed by atoms with Crippen molar-refractivity contribution >= 4 is 6.09 Å². The largest absolute Gasteiger partial charge is 0.444 e. The highest BCUT2D eigenvalue weighted by atomic mass is 16.6. The van der Waals surface area contributed by atoms with Crippen molar-refractivity contribution in [2.45, 2.75) is 32.4 Å². The van der Waals surface area contributed by atoms with Crippen LogP contribution < -0.4 is 10.6 Å². The predicted molar refractivity (Wildman–Crippen MR) is 59.3 cm³/mol. The Bertz CT molecular complexity index is 281. The first-order valence-electron chi connectivity index (χ1n) is 5.69. The lowest BCUT2D eigenvalue weighted by atomic mass is 9.77. The van der Waals surface area contributed by atoms with Gasteiger partial charge in [-0.2, -0.15) is 0 Å². The molecular weight excluding hydrogens is 208 g/mol. The van der Waals surface area contributed by atoms with Crippen LogP contribution >= 0.6 is 0 Å². The molecule has 0 saturated carbocycles. The van der Waals surface area contributed by atoms with Gasteiger partial charge < -0.3 is 20.1 Å². The number of hydrogen-bond donors (Lipinski definition) is 2. The second kappa shape index (κ2) is 3.89. The molecule has 1 amide bonds. The lowest BCUT2D eigenvalue weighted by molar-refractivity contribution is 0.0434. The molecule has 0 unspecified atom stereocenters. The molecule has 2 heterocycles. The molecule has 5 heteroatoms. The molecule has 5 nitrogen and oxygen atoms in total. The monoisotopic (exact) mass is 228 g/mol. The van der Waals surface area contributed by atoms with Crippen molar-refractivity contribution in [2.75, 3.05) is 26.3 Å². The van der Waals surface area contributed by atoms with Gasteiger partial charge in [-0.05, 0) is 20.8 Å². The molecule has 2 fully saturated rings. The molecule has 0 bridgehead atoms. The Kier molecular flexibility index (Phi) is 2.84. The predicted octanol–water partition coefficient (Wildman–Crippen LogP) is 0.500. The van der Waals surface area contributed by atoms with Crippen molar-refractivity contribution in [2.24, 2.45) is 5.41 Å². The number of nitrogens with one attached hydrogen (secondary N) is 2. The number of rotatable bonds is 1. The van der Waals surface area contributed by atoms with Crippen LogP contribution in [0.5, 0.6) is 0 Å². The van der Waals surface area contributed by atoms with Gasteiger partial charge in [-0.3, -0.25) is 0 Å². The Labute approximate surface area is 95.9 Å². The molecule has 2 aliphatic rings. The highest BCUT2D eigenvalue weighted by Gasteiger charge is 2.49. The summed E-state index contributed by atoms with van der Waals surface area (Å²) in [7, 11) is 0. The van der Waals surface area contributed by atoms with Gasteiger partial charge in [-0.25, -0.2) is 4.79 Å². The van der Waals surface area contributed by atoms with E-state index in [0.717, 1.165) is 19.7 Å². The first-order valence-corrected chi connectivity index (χ1v) is 5.69. The van der Waals surface area contributed by atoms with Gasteiger partial charge in [-0.1, -0.05) is 0 Å². The Balaban J connectivity index is 1.87. The Hall–Kier alpha value is -0.810. The molecule has 92 valence electrons. The van der Waals surface area contributed by atoms with Crippen molar-refractivity contribution in [3.8, 4) is 0 Å². The quantitative estimate of drug-likeness (QED) is 0.686. The van der Waals surface area contributed by atoms with Crippen molar-refractivity contribution in [1.29, 1.82) is 0 Å². The van der Waals surface area contributed by atoms with Gasteiger partial charge in [0.05, 0.1) is 19.3 Å². The number of carbonyl (C=O) groups excluding carboxylic acids is 1. The van der Waals surface area contributed by atoms with Gasteiger partial charge in [0.25, 0.3) is 0 Å². The Morgan fingerprint density at radius 3 is 2.69 bits per heavy atom. The van der Waals surface area contributed by atoms with Crippen LogP contribution in [0, 0.1) is 5.41 Å². The number of carbonyl (C=O) groups is 1. The maximum absolute atomic E-state index is 11.6. The second-order valence-electron chi connectivity index (χ2n) is 5.68. The fraction of sp³-hybridized carbons (Fsp3) is 0.909. The second-order valence-corrected chi connectivity index (χ2v) is 5.68. The first-order chi connectivity index (χ1) is 7.41. The number of hydrogen-bond acceptors (Lipinski definition) is 4. The summed E-state index contributed by atoms with van der Waals surface area (Å²) in [4.78, 5) is 11.6. The van der Waals surface area contributed by atoms with Gasteiger partial charge >= 0.3 is 6.09 Å². The van der Waals surface area contributed by atoms with Gasteiger partial charge in [0, 0.05) is 18.5 Å². The van der Waals surface area contributed by atoms with Crippen LogP contribution in [0.3, 0.4) is 0 Å². The van der Waals surface area contributed by atoms with Crippen LogP contribution in [-0.4, -0.2) is 44.0 Å². The molecule has 0 aromatic rings. The lowest BCUT2D eigenvalue weighted by Gasteiger charge is -2.42. The standard InChI is InChI=1S/C11H20N2O3/c1-10(2,3)16-9(14)13-8-4-15-7-11(8)5-12-6-11/h8,12H,4-7H2,1-3H3,(H,13,14)/t8-/m1/s1. The van der Waals surface area contributed by atoms with E-state index in [9.17, 15) is 4.79 Å². The Morgan fingerprint density at radius 1 is 1.50 bits per heavy atom. The van der Waals surface area contributed by atoms with Crippen LogP contribution in [0.1, 0.15) is 20.8 Å². The van der Waals surface area contributed by atoms with Crippen LogP contribution in [0.2, 0.25) is 0 Å². The van der Waals surface area contributed by atoms with E-state index in [2.05, 4.69) is 10.6 Å². The number of ether oxygens (including phenoxy) is 2. The van der Waals surface area contributed by atoms with Gasteiger partial charge in [0.1, 0.15) is 5.60 Å². The summed E-state index contributed by atoms with van der Waals surface area (Å²) in [6.07, 6.45) is -0.353. The molecule has 16 heavy (non-hydrogen) atoms. The molecule has 0 aromatic carbocycles. The van der Waals surface area contributed by atoms with E-state index in [1.165, 1.54) is 0 Å². The third-order valence-corrected chi connectivity index (χ3v) is 3.06. The average Bonchev–Trinajstić information content (AvgIpc) is 2.42. The summed E-state index contributed by atoms with van der Waals surface area (Å²) in [5.41, 5.74) is -0.356. The summed E-state index contributed by atoms with van der Waals surface area (Å²) >= 11 is 0. The smallest absolute Gasteiger partial charge is 0.407 e. The zero-order valence-corrected chi connectivity index (χ0v) is 10.1. The van der Waals surface area contributed by atoms with Crippen LogP contribution in [0.4, 0.5) is 4.79 Å². The molecule has 1 spiro atoms. The van der Waals surface area contributed by atoms with Crippen LogP contribution in [0.15, 0.2) is 0 Å². The van der Waals surface area contributed by atoms with Crippen molar-refractivity contribution in [3.63, 3.8) is 0 Å². The lowest BCUT2D eigenvalue weighted by Crippen LogP contribution is -2.64. The summed E-state index contributed by atoms with van der Waals surface area (Å²) in [6, 6.07) is 0.0728. The molecule has 0 radical (unpaired) electrons. The van der Waals surface area contributed by atoms with Gasteiger partial charge in [-0.15, -0.1) is 0 Å². The summed E-state index contributed by atoms with van der Waals surface area (Å²) in [6.45, 7) is 8.71. The minimum Gasteiger partial charge on any atom is -0.444 e. The topological polar surface area (TPSA) is 59.6 Å². The average molecular weight is 228 g/mol. The minimum absolute atomic E-state index is 0.0728. The highest BCUT2D eigenvalue weighted by molar-refractivity contribution is 5.68. The third kappa shape index (κ3) is 2.30. The van der Waals surface area contributed by atoms with E-state index in [0.29, 0.717) is 6.61 Å². The van der Waals surface area contributed by atoms with Crippen molar-refractivity contribution in [1.82, 2.24) is 10.6 Å². The van der Waals surface area contributed by atoms with E-state index in [1.807, 2.05) is 20.8 Å². The maximum atomic E-state index is 11.6. The first kappa shape index (κ1) is 11.7. The summed E-state index contributed by atoms with van der Waals surface area (Å²) in [5.74, 6) is 0. The molecule has 1 atom stereocenters. The maximum Gasteiger partial charge on any atom is 0.407 e. The van der Waals surface area contributed by atoms with Crippen molar-refractivity contribution < 1.29 is 14.3 Å². The molecule has 2 N–H and O–H groups in total. The van der Waals surface area contributed by atoms with E-state index >= 15 is 0 Å². The summed E-state index contributed by atoms with van der Waals surface area (Å²) in [5, 5.41) is 6.13. The zero-order chi connectivity index (χ0) is 11.8. The zero-order valence-electron chi connectivity index (χ0n) is 10.1. The number of alkyl carbamates (subject to hydrolysis) is 1. The normalized spacial score (nSPS) is 27.6. The fourth-order valence-electron chi connectivity index (χ4n) is 2.10. The van der Waals surface area contributed by atoms with Crippen LogP contribution in [-0.2, 0) is 9.47 Å². The third-order valence-electron chi connectivity index (χ3n) is 3.06. The summed E-state index contributed by atoms with van der Waals surface area (Å²) < 4.78 is 10.7. The van der Waals surface area contributed by atoms with E-state index in [1.54, 1.807) is 0 Å². The molecular formula is C11H20N2O3. The SMILES string of the molecule is CC(C)(C)OC(=O)N[C@@H]1COCC12CNC2. The minimum atomic E-state index is -0.450. The Morgan fingerprint density at radius 2 is 2.19 bits per heavy atom. The van der Waals surface area contributed by atoms with E-state index in [-0.39, 0.29) is 17.6 Å². The number of amides is 1. The fourth-order valence-corrected chi connectivity index (χ4v) is 2.10. The molecule has 2 saturated heterocycles. The molecule has 0 aromatic heterocycles. The van der Waals surface area contributed by atoms with Gasteiger partial charge in [0.2, 0.25) is 0 Å². The van der Waals surface area contributed by atoms with E-state index < -0.39 is 5.60 Å². The van der Waals surface area contributed by atoms with E-state index in [4.69, 9.17) is 9.47 Å². The van der Waals surface area contributed by atoms with Crippen LogP contribution in [0.25, 0.3) is 0 Å². The van der Waals surface area contributed by atoms with Gasteiger partial charge in [0.15, 0.2) is 0 Å². The molecule has 0 aliphatic carbocycles. The molecule has 2 aliphatic heterocycles. The molecule has 2 rings (SSSR count). The highest BCUT2D eigenvalue weighted by Crippen LogP contribution is 2.32. The van der Waals surface area contributed by atoms with Crippen molar-refractivity contribution in [3.05, 3.63) is 0 Å².